The van der Waals surface area contributed by atoms with Crippen molar-refractivity contribution in [2.45, 2.75) is 0 Å². The van der Waals surface area contributed by atoms with Gasteiger partial charge in [0.15, 0.2) is 5.75 Å². The fraction of sp³-hybridized carbons (Fsp3) is 0. The largest absolute Gasteiger partial charge is 0.454 e. The Morgan fingerprint density at radius 2 is 1.74 bits per heavy atom. The minimum Gasteiger partial charge on any atom is -0.454 e. The smallest absolute Gasteiger partial charge is 0.248 e. The van der Waals surface area contributed by atoms with Crippen molar-refractivity contribution >= 4 is 34.8 Å². The van der Waals surface area contributed by atoms with Crippen molar-refractivity contribution < 1.29 is 9.53 Å². The van der Waals surface area contributed by atoms with Gasteiger partial charge in [0, 0.05) is 11.3 Å². The first-order valence-electron chi connectivity index (χ1n) is 5.29. The topological polar surface area (TPSA) is 78.3 Å². The van der Waals surface area contributed by atoms with Crippen LogP contribution in [0.2, 0.25) is 10.0 Å². The first-order chi connectivity index (χ1) is 8.97. The van der Waals surface area contributed by atoms with Crippen molar-refractivity contribution in [3.8, 4) is 11.5 Å². The molecule has 2 rings (SSSR count). The number of primary amides is 1. The molecule has 0 aromatic heterocycles. The van der Waals surface area contributed by atoms with Crippen molar-refractivity contribution in [1.29, 1.82) is 0 Å². The number of nitrogen functional groups attached to an aromatic ring is 1. The Kier molecular flexibility index (Phi) is 3.83. The lowest BCUT2D eigenvalue weighted by atomic mass is 10.2. The molecule has 4 N–H and O–H groups in total. The van der Waals surface area contributed by atoms with Crippen LogP contribution in [0.4, 0.5) is 5.69 Å². The zero-order chi connectivity index (χ0) is 14.0. The van der Waals surface area contributed by atoms with Gasteiger partial charge in [-0.15, -0.1) is 0 Å². The zero-order valence-corrected chi connectivity index (χ0v) is 11.2. The first kappa shape index (κ1) is 13.5. The number of ether oxygens (including phenoxy) is 1. The molecule has 0 aliphatic heterocycles. The van der Waals surface area contributed by atoms with Crippen LogP contribution in [0, 0.1) is 0 Å². The van der Waals surface area contributed by atoms with E-state index >= 15 is 0 Å². The maximum Gasteiger partial charge on any atom is 0.248 e. The highest BCUT2D eigenvalue weighted by atomic mass is 35.5. The number of nitrogens with two attached hydrogens (primary N) is 2. The number of halogens is 2. The molecule has 0 unspecified atom stereocenters. The van der Waals surface area contributed by atoms with Crippen LogP contribution in [0.3, 0.4) is 0 Å². The van der Waals surface area contributed by atoms with Crippen LogP contribution < -0.4 is 16.2 Å². The summed E-state index contributed by atoms with van der Waals surface area (Å²) >= 11 is 12.0. The molecule has 0 bridgehead atoms. The lowest BCUT2D eigenvalue weighted by Crippen LogP contribution is -2.10. The molecule has 98 valence electrons. The molecule has 0 spiro atoms. The van der Waals surface area contributed by atoms with Gasteiger partial charge in [0.05, 0.1) is 10.0 Å². The van der Waals surface area contributed by atoms with Gasteiger partial charge < -0.3 is 16.2 Å². The third-order valence-electron chi connectivity index (χ3n) is 2.36. The Morgan fingerprint density at radius 3 is 2.32 bits per heavy atom. The normalized spacial score (nSPS) is 10.2. The van der Waals surface area contributed by atoms with Gasteiger partial charge in [-0.05, 0) is 30.3 Å². The van der Waals surface area contributed by atoms with E-state index in [1.807, 2.05) is 0 Å². The average Bonchev–Trinajstić information content (AvgIpc) is 2.34. The van der Waals surface area contributed by atoms with Crippen LogP contribution >= 0.6 is 23.2 Å². The monoisotopic (exact) mass is 296 g/mol. The number of carbonyl (C=O) groups excluding carboxylic acids is 1. The number of hydrogen-bond acceptors (Lipinski definition) is 3. The number of hydrogen-bond donors (Lipinski definition) is 2. The molecule has 0 aliphatic rings. The number of amides is 1. The molecule has 1 amide bonds. The zero-order valence-electron chi connectivity index (χ0n) is 9.69. The van der Waals surface area contributed by atoms with Crippen LogP contribution in [-0.2, 0) is 0 Å². The minimum atomic E-state index is -0.542. The maximum atomic E-state index is 11.1. The van der Waals surface area contributed by atoms with Crippen molar-refractivity contribution in [3.63, 3.8) is 0 Å². The number of carbonyl (C=O) groups is 1. The standard InChI is InChI=1S/C13H10Cl2N2O2/c14-10-5-8(16)6-11(15)12(10)19-9-3-1-2-7(4-9)13(17)18/h1-6H,16H2,(H2,17,18). The highest BCUT2D eigenvalue weighted by Gasteiger charge is 2.11. The van der Waals surface area contributed by atoms with Crippen molar-refractivity contribution in [1.82, 2.24) is 0 Å². The molecule has 0 radical (unpaired) electrons. The quantitative estimate of drug-likeness (QED) is 0.851. The summed E-state index contributed by atoms with van der Waals surface area (Å²) in [5.41, 5.74) is 11.6. The van der Waals surface area contributed by atoms with E-state index in [4.69, 9.17) is 39.4 Å². The van der Waals surface area contributed by atoms with Gasteiger partial charge in [-0.25, -0.2) is 0 Å². The van der Waals surface area contributed by atoms with Gasteiger partial charge in [0.2, 0.25) is 5.91 Å². The Morgan fingerprint density at radius 1 is 1.11 bits per heavy atom. The summed E-state index contributed by atoms with van der Waals surface area (Å²) in [5.74, 6) is 0.143. The van der Waals surface area contributed by atoms with Gasteiger partial charge in [0.1, 0.15) is 5.75 Å². The summed E-state index contributed by atoms with van der Waals surface area (Å²) in [6, 6.07) is 9.46. The summed E-state index contributed by atoms with van der Waals surface area (Å²) in [5, 5.41) is 0.573. The van der Waals surface area contributed by atoms with Crippen LogP contribution in [0.25, 0.3) is 0 Å². The van der Waals surface area contributed by atoms with Crippen LogP contribution in [0.1, 0.15) is 10.4 Å². The molecule has 0 heterocycles. The Labute approximate surface area is 119 Å². The number of rotatable bonds is 3. The summed E-state index contributed by atoms with van der Waals surface area (Å²) < 4.78 is 5.56. The molecule has 0 atom stereocenters. The first-order valence-corrected chi connectivity index (χ1v) is 6.05. The fourth-order valence-corrected chi connectivity index (χ4v) is 2.09. The second-order valence-corrected chi connectivity index (χ2v) is 4.62. The van der Waals surface area contributed by atoms with E-state index in [1.54, 1.807) is 18.2 Å². The molecule has 0 saturated heterocycles. The van der Waals surface area contributed by atoms with E-state index in [2.05, 4.69) is 0 Å². The lowest BCUT2D eigenvalue weighted by molar-refractivity contribution is 0.1000. The SMILES string of the molecule is NC(=O)c1cccc(Oc2c(Cl)cc(N)cc2Cl)c1. The molecular formula is C13H10Cl2N2O2. The molecule has 4 nitrogen and oxygen atoms in total. The Hall–Kier alpha value is -1.91. The second kappa shape index (κ2) is 5.38. The van der Waals surface area contributed by atoms with Gasteiger partial charge >= 0.3 is 0 Å². The minimum absolute atomic E-state index is 0.277. The van der Waals surface area contributed by atoms with E-state index in [-0.39, 0.29) is 15.8 Å². The molecule has 0 fully saturated rings. The third-order valence-corrected chi connectivity index (χ3v) is 2.92. The summed E-state index contributed by atoms with van der Waals surface area (Å²) in [6.07, 6.45) is 0. The maximum absolute atomic E-state index is 11.1. The second-order valence-electron chi connectivity index (χ2n) is 3.81. The van der Waals surface area contributed by atoms with Crippen LogP contribution in [0.5, 0.6) is 11.5 Å². The molecule has 0 aliphatic carbocycles. The van der Waals surface area contributed by atoms with E-state index in [1.165, 1.54) is 18.2 Å². The summed E-state index contributed by atoms with van der Waals surface area (Å²) in [4.78, 5) is 11.1. The van der Waals surface area contributed by atoms with Crippen molar-refractivity contribution in [2.24, 2.45) is 5.73 Å². The van der Waals surface area contributed by atoms with Crippen molar-refractivity contribution in [2.75, 3.05) is 5.73 Å². The molecule has 0 saturated carbocycles. The Balaban J connectivity index is 2.36. The van der Waals surface area contributed by atoms with E-state index in [0.29, 0.717) is 17.0 Å². The molecule has 19 heavy (non-hydrogen) atoms. The van der Waals surface area contributed by atoms with Gasteiger partial charge in [-0.2, -0.15) is 0 Å². The van der Waals surface area contributed by atoms with E-state index in [9.17, 15) is 4.79 Å². The van der Waals surface area contributed by atoms with Crippen LogP contribution in [-0.4, -0.2) is 5.91 Å². The van der Waals surface area contributed by atoms with Crippen LogP contribution in [0.15, 0.2) is 36.4 Å². The van der Waals surface area contributed by atoms with E-state index < -0.39 is 5.91 Å². The predicted molar refractivity (Wildman–Crippen MR) is 75.9 cm³/mol. The van der Waals surface area contributed by atoms with Gasteiger partial charge in [-0.1, -0.05) is 29.3 Å². The number of anilines is 1. The van der Waals surface area contributed by atoms with E-state index in [0.717, 1.165) is 0 Å². The highest BCUT2D eigenvalue weighted by Crippen LogP contribution is 2.38. The number of benzene rings is 2. The average molecular weight is 297 g/mol. The van der Waals surface area contributed by atoms with Gasteiger partial charge in [-0.3, -0.25) is 4.79 Å². The molecular weight excluding hydrogens is 287 g/mol. The lowest BCUT2D eigenvalue weighted by Gasteiger charge is -2.10. The van der Waals surface area contributed by atoms with Gasteiger partial charge in [0.25, 0.3) is 0 Å². The summed E-state index contributed by atoms with van der Waals surface area (Å²) in [7, 11) is 0. The molecule has 2 aromatic carbocycles. The molecule has 2 aromatic rings. The molecule has 6 heteroatoms. The van der Waals surface area contributed by atoms with Crippen molar-refractivity contribution in [3.05, 3.63) is 52.0 Å². The Bertz CT molecular complexity index is 621. The third kappa shape index (κ3) is 3.10. The fourth-order valence-electron chi connectivity index (χ4n) is 1.51. The highest BCUT2D eigenvalue weighted by molar-refractivity contribution is 6.37. The predicted octanol–water partition coefficient (Wildman–Crippen LogP) is 3.47. The summed E-state index contributed by atoms with van der Waals surface area (Å²) in [6.45, 7) is 0.